The van der Waals surface area contributed by atoms with Gasteiger partial charge >= 0.3 is 0 Å². The van der Waals surface area contributed by atoms with Crippen molar-refractivity contribution in [1.82, 2.24) is 10.0 Å². The van der Waals surface area contributed by atoms with Gasteiger partial charge in [0.05, 0.1) is 4.90 Å². The highest BCUT2D eigenvalue weighted by molar-refractivity contribution is 9.10. The maximum atomic E-state index is 12.5. The molecule has 1 saturated carbocycles. The highest BCUT2D eigenvalue weighted by Gasteiger charge is 2.48. The summed E-state index contributed by atoms with van der Waals surface area (Å²) in [5.41, 5.74) is 1.03. The van der Waals surface area contributed by atoms with Crippen molar-refractivity contribution in [2.24, 2.45) is 5.41 Å². The number of hydrogen-bond donors (Lipinski definition) is 2. The summed E-state index contributed by atoms with van der Waals surface area (Å²) in [5, 5.41) is 3.30. The normalized spacial score (nSPS) is 20.8. The number of sulfonamides is 1. The van der Waals surface area contributed by atoms with E-state index in [2.05, 4.69) is 53.7 Å². The first-order valence-corrected chi connectivity index (χ1v) is 9.43. The van der Waals surface area contributed by atoms with Gasteiger partial charge in [0.25, 0.3) is 0 Å². The zero-order valence-corrected chi connectivity index (χ0v) is 15.3. The first kappa shape index (κ1) is 16.9. The lowest BCUT2D eigenvalue weighted by atomic mass is 10.2. The fourth-order valence-corrected chi connectivity index (χ4v) is 4.53. The molecule has 21 heavy (non-hydrogen) atoms. The molecule has 6 heteroatoms. The largest absolute Gasteiger partial charge is 0.310 e. The van der Waals surface area contributed by atoms with Gasteiger partial charge in [0.15, 0.2) is 0 Å². The van der Waals surface area contributed by atoms with E-state index in [9.17, 15) is 8.42 Å². The molecule has 1 aliphatic rings. The van der Waals surface area contributed by atoms with Crippen molar-refractivity contribution >= 4 is 26.0 Å². The summed E-state index contributed by atoms with van der Waals surface area (Å²) in [5.74, 6) is 0. The fraction of sp³-hybridized carbons (Fsp3) is 0.600. The second-order valence-corrected chi connectivity index (χ2v) is 9.20. The van der Waals surface area contributed by atoms with Gasteiger partial charge in [0, 0.05) is 23.1 Å². The molecule has 0 saturated heterocycles. The van der Waals surface area contributed by atoms with E-state index in [1.165, 1.54) is 0 Å². The molecule has 118 valence electrons. The summed E-state index contributed by atoms with van der Waals surface area (Å²) in [7, 11) is -3.48. The molecule has 1 aromatic rings. The van der Waals surface area contributed by atoms with E-state index >= 15 is 0 Å². The van der Waals surface area contributed by atoms with E-state index in [4.69, 9.17) is 0 Å². The maximum absolute atomic E-state index is 12.5. The molecule has 4 nitrogen and oxygen atoms in total. The second-order valence-electron chi connectivity index (χ2n) is 6.67. The van der Waals surface area contributed by atoms with Crippen LogP contribution < -0.4 is 10.0 Å². The van der Waals surface area contributed by atoms with E-state index in [1.807, 2.05) is 6.07 Å². The molecule has 1 fully saturated rings. The molecule has 1 aromatic carbocycles. The van der Waals surface area contributed by atoms with Gasteiger partial charge in [-0.3, -0.25) is 0 Å². The predicted molar refractivity (Wildman–Crippen MR) is 88.6 cm³/mol. The Kier molecular flexibility index (Phi) is 4.83. The molecular weight excluding hydrogens is 352 g/mol. The Morgan fingerprint density at radius 3 is 2.52 bits per heavy atom. The van der Waals surface area contributed by atoms with Crippen LogP contribution in [-0.4, -0.2) is 20.5 Å². The highest BCUT2D eigenvalue weighted by atomic mass is 79.9. The SMILES string of the molecule is CC(C)NCc1ccc(Br)c(S(=O)(=O)NC2CC2(C)C)c1. The molecule has 0 aromatic heterocycles. The van der Waals surface area contributed by atoms with Crippen molar-refractivity contribution in [3.05, 3.63) is 28.2 Å². The van der Waals surface area contributed by atoms with E-state index in [-0.39, 0.29) is 11.5 Å². The van der Waals surface area contributed by atoms with Crippen molar-refractivity contribution in [2.45, 2.75) is 57.6 Å². The Hall–Kier alpha value is -0.430. The van der Waals surface area contributed by atoms with Crippen LogP contribution in [0.5, 0.6) is 0 Å². The Labute approximate surface area is 135 Å². The third kappa shape index (κ3) is 4.28. The molecule has 1 aliphatic carbocycles. The van der Waals surface area contributed by atoms with E-state index in [0.717, 1.165) is 12.0 Å². The molecule has 0 radical (unpaired) electrons. The van der Waals surface area contributed by atoms with Crippen molar-refractivity contribution in [1.29, 1.82) is 0 Å². The van der Waals surface area contributed by atoms with Gasteiger partial charge in [-0.1, -0.05) is 33.8 Å². The Bertz CT molecular complexity index is 627. The van der Waals surface area contributed by atoms with Crippen molar-refractivity contribution in [3.8, 4) is 0 Å². The first-order chi connectivity index (χ1) is 9.62. The minimum absolute atomic E-state index is 0.0341. The number of nitrogens with one attached hydrogen (secondary N) is 2. The molecule has 1 atom stereocenters. The molecule has 2 N–H and O–H groups in total. The summed E-state index contributed by atoms with van der Waals surface area (Å²) in [6.07, 6.45) is 0.887. The van der Waals surface area contributed by atoms with Gasteiger partial charge in [0.1, 0.15) is 0 Å². The van der Waals surface area contributed by atoms with Gasteiger partial charge in [-0.25, -0.2) is 13.1 Å². The summed E-state index contributed by atoms with van der Waals surface area (Å²) < 4.78 is 28.4. The van der Waals surface area contributed by atoms with Gasteiger partial charge < -0.3 is 5.32 Å². The lowest BCUT2D eigenvalue weighted by Gasteiger charge is -2.13. The molecule has 0 spiro atoms. The van der Waals surface area contributed by atoms with Crippen LogP contribution in [0, 0.1) is 5.41 Å². The third-order valence-electron chi connectivity index (χ3n) is 3.81. The van der Waals surface area contributed by atoms with Gasteiger partial charge in [-0.15, -0.1) is 0 Å². The minimum Gasteiger partial charge on any atom is -0.310 e. The van der Waals surface area contributed by atoms with Gasteiger partial charge in [0.2, 0.25) is 10.0 Å². The van der Waals surface area contributed by atoms with Gasteiger partial charge in [-0.05, 0) is 45.5 Å². The molecule has 0 amide bonds. The van der Waals surface area contributed by atoms with Crippen molar-refractivity contribution in [3.63, 3.8) is 0 Å². The first-order valence-electron chi connectivity index (χ1n) is 7.16. The standard InChI is InChI=1S/C15H23BrN2O2S/c1-10(2)17-9-11-5-6-12(16)13(7-11)21(19,20)18-14-8-15(14,3)4/h5-7,10,14,17-18H,8-9H2,1-4H3. The quantitative estimate of drug-likeness (QED) is 0.804. The maximum Gasteiger partial charge on any atom is 0.241 e. The summed E-state index contributed by atoms with van der Waals surface area (Å²) in [6, 6.07) is 5.85. The zero-order chi connectivity index (χ0) is 15.8. The van der Waals surface area contributed by atoms with Gasteiger partial charge in [-0.2, -0.15) is 0 Å². The molecule has 0 bridgehead atoms. The van der Waals surface area contributed by atoms with Crippen molar-refractivity contribution in [2.75, 3.05) is 0 Å². The van der Waals surface area contributed by atoms with Crippen LogP contribution in [0.25, 0.3) is 0 Å². The Balaban J connectivity index is 2.19. The van der Waals surface area contributed by atoms with Crippen LogP contribution in [0.3, 0.4) is 0 Å². The molecular formula is C15H23BrN2O2S. The smallest absolute Gasteiger partial charge is 0.241 e. The Morgan fingerprint density at radius 2 is 2.00 bits per heavy atom. The van der Waals surface area contributed by atoms with E-state index < -0.39 is 10.0 Å². The van der Waals surface area contributed by atoms with Crippen LogP contribution in [0.4, 0.5) is 0 Å². The number of hydrogen-bond acceptors (Lipinski definition) is 3. The summed E-state index contributed by atoms with van der Waals surface area (Å²) >= 11 is 3.35. The summed E-state index contributed by atoms with van der Waals surface area (Å²) in [4.78, 5) is 0.313. The van der Waals surface area contributed by atoms with Crippen LogP contribution in [0.1, 0.15) is 39.7 Å². The minimum atomic E-state index is -3.48. The van der Waals surface area contributed by atoms with Crippen LogP contribution in [0.2, 0.25) is 0 Å². The lowest BCUT2D eigenvalue weighted by Crippen LogP contribution is -2.29. The second kappa shape index (κ2) is 5.99. The highest BCUT2D eigenvalue weighted by Crippen LogP contribution is 2.45. The monoisotopic (exact) mass is 374 g/mol. The van der Waals surface area contributed by atoms with Crippen LogP contribution in [-0.2, 0) is 16.6 Å². The summed E-state index contributed by atoms with van der Waals surface area (Å²) in [6.45, 7) is 8.92. The number of halogens is 1. The molecule has 2 rings (SSSR count). The topological polar surface area (TPSA) is 58.2 Å². The molecule has 0 aliphatic heterocycles. The molecule has 1 unspecified atom stereocenters. The fourth-order valence-electron chi connectivity index (χ4n) is 2.10. The zero-order valence-electron chi connectivity index (χ0n) is 12.9. The number of rotatable bonds is 6. The average molecular weight is 375 g/mol. The lowest BCUT2D eigenvalue weighted by molar-refractivity contribution is 0.554. The molecule has 0 heterocycles. The average Bonchev–Trinajstić information content (AvgIpc) is 2.93. The van der Waals surface area contributed by atoms with Crippen LogP contribution >= 0.6 is 15.9 Å². The van der Waals surface area contributed by atoms with Crippen LogP contribution in [0.15, 0.2) is 27.6 Å². The third-order valence-corrected chi connectivity index (χ3v) is 6.28. The number of benzene rings is 1. The van der Waals surface area contributed by atoms with Crippen molar-refractivity contribution < 1.29 is 8.42 Å². The Morgan fingerprint density at radius 1 is 1.38 bits per heavy atom. The van der Waals surface area contributed by atoms with E-state index in [0.29, 0.717) is 22.0 Å². The predicted octanol–water partition coefficient (Wildman–Crippen LogP) is 3.02. The van der Waals surface area contributed by atoms with E-state index in [1.54, 1.807) is 12.1 Å².